The van der Waals surface area contributed by atoms with Crippen LogP contribution in [0.1, 0.15) is 27.6 Å². The minimum atomic E-state index is -0.371. The topological polar surface area (TPSA) is 95.1 Å². The number of nitrogens with one attached hydrogen (secondary N) is 1. The van der Waals surface area contributed by atoms with Crippen LogP contribution in [0.25, 0.3) is 11.5 Å². The van der Waals surface area contributed by atoms with Crippen LogP contribution in [0.3, 0.4) is 0 Å². The average molecular weight is 438 g/mol. The maximum atomic E-state index is 12.7. The van der Waals surface area contributed by atoms with Crippen LogP contribution in [0.2, 0.25) is 5.02 Å². The summed E-state index contributed by atoms with van der Waals surface area (Å²) >= 11 is 6.06. The molecular formula is C22H20ClN5O3. The Morgan fingerprint density at radius 3 is 2.77 bits per heavy atom. The van der Waals surface area contributed by atoms with Gasteiger partial charge in [-0.3, -0.25) is 4.79 Å². The van der Waals surface area contributed by atoms with Crippen LogP contribution in [0, 0.1) is 13.8 Å². The van der Waals surface area contributed by atoms with Crippen molar-refractivity contribution in [2.45, 2.75) is 20.4 Å². The quantitative estimate of drug-likeness (QED) is 0.476. The van der Waals surface area contributed by atoms with Crippen LogP contribution in [-0.2, 0) is 6.54 Å². The maximum Gasteiger partial charge on any atom is 0.278 e. The number of nitrogens with zero attached hydrogens (tertiary/aromatic N) is 4. The largest absolute Gasteiger partial charge is 0.495 e. The van der Waals surface area contributed by atoms with Crippen LogP contribution in [0.15, 0.2) is 52.9 Å². The van der Waals surface area contributed by atoms with Crippen molar-refractivity contribution < 1.29 is 13.9 Å². The van der Waals surface area contributed by atoms with E-state index in [0.717, 1.165) is 5.56 Å². The highest BCUT2D eigenvalue weighted by molar-refractivity contribution is 6.30. The summed E-state index contributed by atoms with van der Waals surface area (Å²) in [5.41, 5.74) is 2.87. The van der Waals surface area contributed by atoms with E-state index in [-0.39, 0.29) is 11.6 Å². The summed E-state index contributed by atoms with van der Waals surface area (Å²) < 4.78 is 12.7. The molecule has 0 atom stereocenters. The van der Waals surface area contributed by atoms with Gasteiger partial charge in [-0.2, -0.15) is 0 Å². The van der Waals surface area contributed by atoms with Crippen molar-refractivity contribution in [1.82, 2.24) is 20.0 Å². The number of benzene rings is 2. The Morgan fingerprint density at radius 1 is 1.19 bits per heavy atom. The van der Waals surface area contributed by atoms with Gasteiger partial charge in [0.2, 0.25) is 5.89 Å². The Hall–Kier alpha value is -3.65. The number of anilines is 1. The second-order valence-corrected chi connectivity index (χ2v) is 7.30. The molecule has 158 valence electrons. The summed E-state index contributed by atoms with van der Waals surface area (Å²) in [6.07, 6.45) is 0. The van der Waals surface area contributed by atoms with Crippen molar-refractivity contribution in [3.05, 3.63) is 76.4 Å². The maximum absolute atomic E-state index is 12.7. The van der Waals surface area contributed by atoms with Crippen molar-refractivity contribution in [2.75, 3.05) is 12.4 Å². The lowest BCUT2D eigenvalue weighted by Crippen LogP contribution is -2.15. The molecule has 0 saturated heterocycles. The van der Waals surface area contributed by atoms with E-state index in [1.807, 2.05) is 31.2 Å². The smallest absolute Gasteiger partial charge is 0.278 e. The van der Waals surface area contributed by atoms with Gasteiger partial charge < -0.3 is 14.5 Å². The van der Waals surface area contributed by atoms with Crippen LogP contribution in [0.5, 0.6) is 5.75 Å². The number of carbonyl (C=O) groups excluding carboxylic acids is 1. The molecule has 1 N–H and O–H groups in total. The van der Waals surface area contributed by atoms with E-state index in [0.29, 0.717) is 46.0 Å². The number of halogens is 1. The summed E-state index contributed by atoms with van der Waals surface area (Å²) in [5, 5.41) is 11.6. The summed E-state index contributed by atoms with van der Waals surface area (Å²) in [5.74, 6) is 1.32. The first-order valence-electron chi connectivity index (χ1n) is 9.53. The Bertz CT molecular complexity index is 1250. The predicted molar refractivity (Wildman–Crippen MR) is 116 cm³/mol. The number of para-hydroxylation sites is 2. The highest BCUT2D eigenvalue weighted by Crippen LogP contribution is 2.26. The lowest BCUT2D eigenvalue weighted by molar-refractivity contribution is 0.102. The molecule has 4 aromatic rings. The second-order valence-electron chi connectivity index (χ2n) is 6.87. The van der Waals surface area contributed by atoms with E-state index < -0.39 is 0 Å². The first kappa shape index (κ1) is 20.6. The number of ether oxygens (including phenoxy) is 1. The van der Waals surface area contributed by atoms with Gasteiger partial charge in [-0.25, -0.2) is 9.67 Å². The van der Waals surface area contributed by atoms with Crippen molar-refractivity contribution in [3.63, 3.8) is 0 Å². The molecule has 9 heteroatoms. The summed E-state index contributed by atoms with van der Waals surface area (Å²) in [6.45, 7) is 3.93. The summed E-state index contributed by atoms with van der Waals surface area (Å²) in [7, 11) is 1.55. The molecular weight excluding hydrogens is 418 g/mol. The fraction of sp³-hybridized carbons (Fsp3) is 0.182. The molecule has 2 aromatic carbocycles. The van der Waals surface area contributed by atoms with Crippen molar-refractivity contribution in [2.24, 2.45) is 0 Å². The predicted octanol–water partition coefficient (Wildman–Crippen LogP) is 4.51. The van der Waals surface area contributed by atoms with Gasteiger partial charge in [-0.05, 0) is 44.2 Å². The molecule has 2 heterocycles. The Balaban J connectivity index is 1.54. The van der Waals surface area contributed by atoms with Gasteiger partial charge in [-0.1, -0.05) is 35.0 Å². The van der Waals surface area contributed by atoms with E-state index in [1.54, 1.807) is 43.0 Å². The SMILES string of the molecule is COc1ccccc1NC(=O)c1nnn(Cc2nc(-c3cccc(Cl)c3)oc2C)c1C. The highest BCUT2D eigenvalue weighted by Gasteiger charge is 2.20. The number of methoxy groups -OCH3 is 1. The van der Waals surface area contributed by atoms with Gasteiger partial charge in [0.15, 0.2) is 5.69 Å². The van der Waals surface area contributed by atoms with Gasteiger partial charge in [0.05, 0.1) is 25.0 Å². The van der Waals surface area contributed by atoms with E-state index in [1.165, 1.54) is 0 Å². The fourth-order valence-corrected chi connectivity index (χ4v) is 3.30. The lowest BCUT2D eigenvalue weighted by Gasteiger charge is -2.09. The van der Waals surface area contributed by atoms with E-state index in [2.05, 4.69) is 20.6 Å². The molecule has 4 rings (SSSR count). The molecule has 0 bridgehead atoms. The molecule has 0 aliphatic rings. The zero-order valence-electron chi connectivity index (χ0n) is 17.2. The van der Waals surface area contributed by atoms with Gasteiger partial charge in [0, 0.05) is 10.6 Å². The summed E-state index contributed by atoms with van der Waals surface area (Å²) in [4.78, 5) is 17.3. The standard InChI is InChI=1S/C22H20ClN5O3/c1-13-20(21(29)24-17-9-4-5-10-19(17)30-3)26-27-28(13)12-18-14(2)31-22(25-18)15-7-6-8-16(23)11-15/h4-11H,12H2,1-3H3,(H,24,29). The Kier molecular flexibility index (Phi) is 5.73. The van der Waals surface area contributed by atoms with Crippen molar-refractivity contribution in [3.8, 4) is 17.2 Å². The van der Waals surface area contributed by atoms with E-state index >= 15 is 0 Å². The minimum absolute atomic E-state index is 0.224. The molecule has 1 amide bonds. The third kappa shape index (κ3) is 4.29. The average Bonchev–Trinajstić information content (AvgIpc) is 3.31. The highest BCUT2D eigenvalue weighted by atomic mass is 35.5. The van der Waals surface area contributed by atoms with E-state index in [4.69, 9.17) is 20.8 Å². The summed E-state index contributed by atoms with van der Waals surface area (Å²) in [6, 6.07) is 14.5. The number of aromatic nitrogens is 4. The fourth-order valence-electron chi connectivity index (χ4n) is 3.11. The molecule has 0 unspecified atom stereocenters. The number of carbonyl (C=O) groups is 1. The second kappa shape index (κ2) is 8.61. The molecule has 0 spiro atoms. The number of aryl methyl sites for hydroxylation is 1. The number of amides is 1. The Labute approximate surface area is 183 Å². The normalized spacial score (nSPS) is 10.8. The molecule has 0 radical (unpaired) electrons. The lowest BCUT2D eigenvalue weighted by atomic mass is 10.2. The van der Waals surface area contributed by atoms with Crippen LogP contribution >= 0.6 is 11.6 Å². The molecule has 0 fully saturated rings. The first-order valence-corrected chi connectivity index (χ1v) is 9.90. The molecule has 31 heavy (non-hydrogen) atoms. The van der Waals surface area contributed by atoms with Gasteiger partial charge >= 0.3 is 0 Å². The van der Waals surface area contributed by atoms with Crippen molar-refractivity contribution in [1.29, 1.82) is 0 Å². The molecule has 0 aliphatic carbocycles. The van der Waals surface area contributed by atoms with Gasteiger partial charge in [0.1, 0.15) is 17.2 Å². The number of oxazole rings is 1. The molecule has 8 nitrogen and oxygen atoms in total. The van der Waals surface area contributed by atoms with Crippen LogP contribution in [0.4, 0.5) is 5.69 Å². The number of hydrogen-bond donors (Lipinski definition) is 1. The third-order valence-electron chi connectivity index (χ3n) is 4.82. The van der Waals surface area contributed by atoms with Crippen LogP contribution < -0.4 is 10.1 Å². The number of hydrogen-bond acceptors (Lipinski definition) is 6. The van der Waals surface area contributed by atoms with Gasteiger partial charge in [0.25, 0.3) is 5.91 Å². The monoisotopic (exact) mass is 437 g/mol. The third-order valence-corrected chi connectivity index (χ3v) is 5.05. The zero-order chi connectivity index (χ0) is 22.0. The van der Waals surface area contributed by atoms with Crippen LogP contribution in [-0.4, -0.2) is 33.0 Å². The minimum Gasteiger partial charge on any atom is -0.495 e. The number of rotatable bonds is 6. The Morgan fingerprint density at radius 2 is 2.00 bits per heavy atom. The molecule has 2 aromatic heterocycles. The van der Waals surface area contributed by atoms with Crippen molar-refractivity contribution >= 4 is 23.2 Å². The molecule has 0 aliphatic heterocycles. The molecule has 0 saturated carbocycles. The van der Waals surface area contributed by atoms with Gasteiger partial charge in [-0.15, -0.1) is 5.10 Å². The van der Waals surface area contributed by atoms with E-state index in [9.17, 15) is 4.79 Å². The zero-order valence-corrected chi connectivity index (χ0v) is 18.0. The first-order chi connectivity index (χ1) is 15.0.